The highest BCUT2D eigenvalue weighted by Gasteiger charge is 2.40. The molecule has 4 nitrogen and oxygen atoms in total. The molecule has 2 aromatic rings. The number of nitrogens with one attached hydrogen (secondary N) is 1. The highest BCUT2D eigenvalue weighted by molar-refractivity contribution is 5.42. The molecule has 0 fully saturated rings. The maximum absolute atomic E-state index is 6.01. The zero-order chi connectivity index (χ0) is 13.3. The van der Waals surface area contributed by atoms with Crippen LogP contribution in [0.5, 0.6) is 5.75 Å². The predicted octanol–water partition coefficient (Wildman–Crippen LogP) is 2.39. The Bertz CT molecular complexity index is 548. The maximum Gasteiger partial charge on any atom is 0.125 e. The van der Waals surface area contributed by atoms with E-state index in [-0.39, 0.29) is 11.6 Å². The fourth-order valence-corrected chi connectivity index (χ4v) is 2.64. The number of rotatable bonds is 4. The van der Waals surface area contributed by atoms with Gasteiger partial charge in [0.25, 0.3) is 0 Å². The van der Waals surface area contributed by atoms with Crippen LogP contribution in [-0.2, 0) is 6.54 Å². The summed E-state index contributed by atoms with van der Waals surface area (Å²) in [5.41, 5.74) is 1.03. The van der Waals surface area contributed by atoms with E-state index in [1.165, 1.54) is 5.56 Å². The lowest BCUT2D eigenvalue weighted by atomic mass is 9.94. The molecule has 0 saturated heterocycles. The summed E-state index contributed by atoms with van der Waals surface area (Å²) in [5.74, 6) is 0.990. The molecule has 0 spiro atoms. The van der Waals surface area contributed by atoms with Gasteiger partial charge in [-0.1, -0.05) is 18.2 Å². The van der Waals surface area contributed by atoms with Gasteiger partial charge in [0.2, 0.25) is 0 Å². The van der Waals surface area contributed by atoms with Gasteiger partial charge in [-0.25, -0.2) is 0 Å². The summed E-state index contributed by atoms with van der Waals surface area (Å²) >= 11 is 0. The van der Waals surface area contributed by atoms with E-state index in [1.807, 2.05) is 29.1 Å². The van der Waals surface area contributed by atoms with E-state index >= 15 is 0 Å². The van der Waals surface area contributed by atoms with Gasteiger partial charge in [0.05, 0.1) is 12.6 Å². The van der Waals surface area contributed by atoms with Crippen molar-refractivity contribution >= 4 is 0 Å². The van der Waals surface area contributed by atoms with Crippen molar-refractivity contribution in [3.63, 3.8) is 0 Å². The number of hydrogen-bond donors (Lipinski definition) is 1. The number of ether oxygens (including phenoxy) is 1. The summed E-state index contributed by atoms with van der Waals surface area (Å²) in [4.78, 5) is 0. The number of aromatic nitrogens is 2. The fourth-order valence-electron chi connectivity index (χ4n) is 2.64. The number of fused-ring (bicyclic) bond motifs is 1. The van der Waals surface area contributed by atoms with E-state index in [9.17, 15) is 0 Å². The molecule has 1 unspecified atom stereocenters. The van der Waals surface area contributed by atoms with Crippen LogP contribution in [0.1, 0.15) is 25.5 Å². The third-order valence-corrected chi connectivity index (χ3v) is 3.55. The molecule has 1 aromatic carbocycles. The van der Waals surface area contributed by atoms with E-state index in [2.05, 4.69) is 36.4 Å². The van der Waals surface area contributed by atoms with E-state index in [4.69, 9.17) is 4.74 Å². The number of para-hydroxylation sites is 1. The molecule has 100 valence electrons. The Morgan fingerprint density at radius 1 is 1.32 bits per heavy atom. The first-order valence-corrected chi connectivity index (χ1v) is 6.65. The molecule has 0 amide bonds. The Labute approximate surface area is 113 Å². The Balaban J connectivity index is 1.69. The lowest BCUT2D eigenvalue weighted by Gasteiger charge is -2.27. The molecule has 0 aliphatic carbocycles. The molecule has 1 aromatic heterocycles. The van der Waals surface area contributed by atoms with Crippen LogP contribution in [0.2, 0.25) is 0 Å². The topological polar surface area (TPSA) is 39.1 Å². The van der Waals surface area contributed by atoms with Crippen LogP contribution in [0.15, 0.2) is 42.7 Å². The van der Waals surface area contributed by atoms with Crippen LogP contribution in [0, 0.1) is 0 Å². The molecule has 0 bridgehead atoms. The summed E-state index contributed by atoms with van der Waals surface area (Å²) < 4.78 is 7.94. The average molecular weight is 257 g/mol. The Kier molecular flexibility index (Phi) is 3.03. The number of hydrogen-bond acceptors (Lipinski definition) is 3. The summed E-state index contributed by atoms with van der Waals surface area (Å²) in [5, 5.41) is 7.79. The second-order valence-electron chi connectivity index (χ2n) is 5.40. The lowest BCUT2D eigenvalue weighted by molar-refractivity contribution is 0.0960. The molecule has 0 radical (unpaired) electrons. The molecule has 19 heavy (non-hydrogen) atoms. The van der Waals surface area contributed by atoms with Crippen LogP contribution in [0.25, 0.3) is 0 Å². The Morgan fingerprint density at radius 3 is 2.95 bits per heavy atom. The highest BCUT2D eigenvalue weighted by Crippen LogP contribution is 2.42. The molecule has 1 N–H and O–H groups in total. The van der Waals surface area contributed by atoms with Crippen molar-refractivity contribution in [1.82, 2.24) is 15.1 Å². The zero-order valence-corrected chi connectivity index (χ0v) is 11.3. The largest absolute Gasteiger partial charge is 0.486 e. The molecule has 2 heterocycles. The smallest absolute Gasteiger partial charge is 0.125 e. The first-order chi connectivity index (χ1) is 9.17. The van der Waals surface area contributed by atoms with Crippen LogP contribution < -0.4 is 10.1 Å². The summed E-state index contributed by atoms with van der Waals surface area (Å²) in [7, 11) is 0. The Hall–Kier alpha value is -1.81. The second kappa shape index (κ2) is 4.70. The molecule has 1 aliphatic rings. The predicted molar refractivity (Wildman–Crippen MR) is 74.1 cm³/mol. The minimum absolute atomic E-state index is 0.214. The summed E-state index contributed by atoms with van der Waals surface area (Å²) in [6.45, 7) is 5.98. The average Bonchev–Trinajstić information content (AvgIpc) is 2.96. The first kappa shape index (κ1) is 12.2. The first-order valence-electron chi connectivity index (χ1n) is 6.65. The third kappa shape index (κ3) is 2.36. The minimum Gasteiger partial charge on any atom is -0.486 e. The van der Waals surface area contributed by atoms with Crippen molar-refractivity contribution in [2.75, 3.05) is 6.54 Å². The molecule has 0 saturated carbocycles. The molecular formula is C15H19N3O. The van der Waals surface area contributed by atoms with Gasteiger partial charge in [-0.15, -0.1) is 0 Å². The van der Waals surface area contributed by atoms with Crippen LogP contribution in [0.4, 0.5) is 0 Å². The third-order valence-electron chi connectivity index (χ3n) is 3.55. The number of nitrogens with zero attached hydrogens (tertiary/aromatic N) is 2. The number of benzene rings is 1. The summed E-state index contributed by atoms with van der Waals surface area (Å²) in [6.07, 6.45) is 3.78. The molecule has 3 rings (SSSR count). The van der Waals surface area contributed by atoms with E-state index in [0.717, 1.165) is 18.8 Å². The molecule has 1 atom stereocenters. The van der Waals surface area contributed by atoms with Gasteiger partial charge >= 0.3 is 0 Å². The Morgan fingerprint density at radius 2 is 2.16 bits per heavy atom. The minimum atomic E-state index is -0.214. The summed E-state index contributed by atoms with van der Waals surface area (Å²) in [6, 6.07) is 10.4. The van der Waals surface area contributed by atoms with Crippen molar-refractivity contribution in [2.45, 2.75) is 32.0 Å². The highest BCUT2D eigenvalue weighted by atomic mass is 16.5. The second-order valence-corrected chi connectivity index (χ2v) is 5.40. The van der Waals surface area contributed by atoms with Gasteiger partial charge in [0.15, 0.2) is 0 Å². The van der Waals surface area contributed by atoms with Crippen LogP contribution in [0.3, 0.4) is 0 Å². The van der Waals surface area contributed by atoms with Crippen molar-refractivity contribution in [3.05, 3.63) is 48.3 Å². The van der Waals surface area contributed by atoms with Gasteiger partial charge in [-0.2, -0.15) is 5.10 Å². The van der Waals surface area contributed by atoms with Crippen molar-refractivity contribution < 1.29 is 4.74 Å². The van der Waals surface area contributed by atoms with Gasteiger partial charge in [-0.05, 0) is 26.0 Å². The zero-order valence-electron chi connectivity index (χ0n) is 11.3. The quantitative estimate of drug-likeness (QED) is 0.914. The normalized spacial score (nSPS) is 20.0. The molecule has 4 heteroatoms. The van der Waals surface area contributed by atoms with Crippen LogP contribution >= 0.6 is 0 Å². The lowest BCUT2D eigenvalue weighted by Crippen LogP contribution is -2.40. The SMILES string of the molecule is CC1(C)Oc2ccccc2C1NCCn1cccn1. The van der Waals surface area contributed by atoms with Crippen molar-refractivity contribution in [3.8, 4) is 5.75 Å². The maximum atomic E-state index is 6.01. The van der Waals surface area contributed by atoms with Gasteiger partial charge < -0.3 is 10.1 Å². The van der Waals surface area contributed by atoms with Gasteiger partial charge in [0.1, 0.15) is 11.4 Å². The molecule has 1 aliphatic heterocycles. The van der Waals surface area contributed by atoms with Crippen molar-refractivity contribution in [2.24, 2.45) is 0 Å². The monoisotopic (exact) mass is 257 g/mol. The van der Waals surface area contributed by atoms with E-state index < -0.39 is 0 Å². The van der Waals surface area contributed by atoms with Crippen LogP contribution in [-0.4, -0.2) is 21.9 Å². The molecular weight excluding hydrogens is 238 g/mol. The fraction of sp³-hybridized carbons (Fsp3) is 0.400. The van der Waals surface area contributed by atoms with Crippen molar-refractivity contribution in [1.29, 1.82) is 0 Å². The van der Waals surface area contributed by atoms with E-state index in [0.29, 0.717) is 0 Å². The standard InChI is InChI=1S/C15H19N3O/c1-15(2)14(12-6-3-4-7-13(12)19-15)16-9-11-18-10-5-8-17-18/h3-8,10,14,16H,9,11H2,1-2H3. The van der Waals surface area contributed by atoms with Gasteiger partial charge in [0, 0.05) is 24.5 Å². The van der Waals surface area contributed by atoms with Gasteiger partial charge in [-0.3, -0.25) is 4.68 Å². The van der Waals surface area contributed by atoms with E-state index in [1.54, 1.807) is 6.20 Å².